The average Bonchev–Trinajstić information content (AvgIpc) is 3.27. The van der Waals surface area contributed by atoms with Gasteiger partial charge in [0.05, 0.1) is 24.9 Å². The number of nitrogens with zero attached hydrogens (tertiary/aromatic N) is 4. The maximum absolute atomic E-state index is 11.9. The summed E-state index contributed by atoms with van der Waals surface area (Å²) in [5.41, 5.74) is 3.47. The molecule has 1 aliphatic heterocycles. The van der Waals surface area contributed by atoms with E-state index in [2.05, 4.69) is 29.6 Å². The highest BCUT2D eigenvalue weighted by molar-refractivity contribution is 14.0. The van der Waals surface area contributed by atoms with Crippen molar-refractivity contribution in [2.75, 3.05) is 33.8 Å². The van der Waals surface area contributed by atoms with E-state index >= 15 is 0 Å². The SMILES string of the molecule is CCc1nn(C)c(CC)c1CN=C(NCC(=O)N(C)C)NCC1CCCO1.I. The van der Waals surface area contributed by atoms with Gasteiger partial charge in [-0.05, 0) is 25.7 Å². The van der Waals surface area contributed by atoms with E-state index < -0.39 is 0 Å². The number of guanidine groups is 1. The van der Waals surface area contributed by atoms with Gasteiger partial charge in [-0.1, -0.05) is 13.8 Å². The zero-order valence-corrected chi connectivity index (χ0v) is 20.1. The van der Waals surface area contributed by atoms with Crippen molar-refractivity contribution in [2.24, 2.45) is 12.0 Å². The minimum Gasteiger partial charge on any atom is -0.376 e. The third kappa shape index (κ3) is 6.91. The highest BCUT2D eigenvalue weighted by Gasteiger charge is 2.17. The molecule has 1 amide bonds. The largest absolute Gasteiger partial charge is 0.376 e. The molecule has 28 heavy (non-hydrogen) atoms. The van der Waals surface area contributed by atoms with Gasteiger partial charge in [0, 0.05) is 45.6 Å². The first-order valence-corrected chi connectivity index (χ1v) is 9.83. The lowest BCUT2D eigenvalue weighted by atomic mass is 10.1. The Labute approximate surface area is 185 Å². The molecule has 0 aliphatic carbocycles. The number of hydrogen-bond donors (Lipinski definition) is 2. The first-order chi connectivity index (χ1) is 13.0. The molecule has 1 unspecified atom stereocenters. The van der Waals surface area contributed by atoms with Gasteiger partial charge in [0.15, 0.2) is 5.96 Å². The van der Waals surface area contributed by atoms with E-state index in [1.54, 1.807) is 19.0 Å². The second-order valence-corrected chi connectivity index (χ2v) is 7.03. The molecule has 0 aromatic carbocycles. The van der Waals surface area contributed by atoms with Gasteiger partial charge in [-0.3, -0.25) is 9.48 Å². The lowest BCUT2D eigenvalue weighted by Crippen LogP contribution is -2.45. The van der Waals surface area contributed by atoms with E-state index in [1.165, 1.54) is 11.3 Å². The number of amides is 1. The maximum atomic E-state index is 11.9. The molecule has 0 bridgehead atoms. The highest BCUT2D eigenvalue weighted by Crippen LogP contribution is 2.16. The number of carbonyl (C=O) groups excluding carboxylic acids is 1. The van der Waals surface area contributed by atoms with Gasteiger partial charge in [0.1, 0.15) is 0 Å². The molecule has 1 aromatic heterocycles. The second-order valence-electron chi connectivity index (χ2n) is 7.03. The Hall–Kier alpha value is -1.36. The third-order valence-electron chi connectivity index (χ3n) is 4.85. The van der Waals surface area contributed by atoms with E-state index in [9.17, 15) is 4.79 Å². The molecule has 1 aromatic rings. The molecule has 9 heteroatoms. The highest BCUT2D eigenvalue weighted by atomic mass is 127. The van der Waals surface area contributed by atoms with Crippen molar-refractivity contribution < 1.29 is 9.53 Å². The Kier molecular flexibility index (Phi) is 10.8. The van der Waals surface area contributed by atoms with Gasteiger partial charge in [0.25, 0.3) is 0 Å². The van der Waals surface area contributed by atoms with Crippen LogP contribution in [0, 0.1) is 0 Å². The normalized spacial score (nSPS) is 16.6. The van der Waals surface area contributed by atoms with E-state index in [0.29, 0.717) is 19.0 Å². The van der Waals surface area contributed by atoms with Gasteiger partial charge in [-0.25, -0.2) is 4.99 Å². The van der Waals surface area contributed by atoms with Gasteiger partial charge >= 0.3 is 0 Å². The Morgan fingerprint density at radius 3 is 2.64 bits per heavy atom. The molecule has 2 heterocycles. The summed E-state index contributed by atoms with van der Waals surface area (Å²) >= 11 is 0. The number of aryl methyl sites for hydroxylation is 2. The van der Waals surface area contributed by atoms with Crippen LogP contribution in [0.4, 0.5) is 0 Å². The van der Waals surface area contributed by atoms with Crippen molar-refractivity contribution in [3.05, 3.63) is 17.0 Å². The van der Waals surface area contributed by atoms with Crippen molar-refractivity contribution in [3.63, 3.8) is 0 Å². The van der Waals surface area contributed by atoms with Crippen LogP contribution >= 0.6 is 24.0 Å². The number of aliphatic imine (C=N–C) groups is 1. The van der Waals surface area contributed by atoms with Crippen LogP contribution in [-0.2, 0) is 36.0 Å². The predicted molar refractivity (Wildman–Crippen MR) is 122 cm³/mol. The van der Waals surface area contributed by atoms with Crippen molar-refractivity contribution in [3.8, 4) is 0 Å². The zero-order valence-electron chi connectivity index (χ0n) is 17.7. The fraction of sp³-hybridized carbons (Fsp3) is 0.737. The van der Waals surface area contributed by atoms with Crippen molar-refractivity contribution in [2.45, 2.75) is 52.2 Å². The molecular weight excluding hydrogens is 471 g/mol. The van der Waals surface area contributed by atoms with E-state index in [-0.39, 0.29) is 42.5 Å². The summed E-state index contributed by atoms with van der Waals surface area (Å²) < 4.78 is 7.62. The smallest absolute Gasteiger partial charge is 0.241 e. The van der Waals surface area contributed by atoms with Crippen LogP contribution in [0.25, 0.3) is 0 Å². The molecule has 0 radical (unpaired) electrons. The van der Waals surface area contributed by atoms with Crippen molar-refractivity contribution >= 4 is 35.8 Å². The molecule has 2 N–H and O–H groups in total. The number of rotatable bonds is 8. The molecule has 160 valence electrons. The molecule has 2 rings (SSSR count). The third-order valence-corrected chi connectivity index (χ3v) is 4.85. The van der Waals surface area contributed by atoms with Crippen LogP contribution in [0.1, 0.15) is 43.6 Å². The molecule has 0 saturated carbocycles. The van der Waals surface area contributed by atoms with E-state index in [1.807, 2.05) is 11.7 Å². The lowest BCUT2D eigenvalue weighted by molar-refractivity contribution is -0.127. The Balaban J connectivity index is 0.00000392. The summed E-state index contributed by atoms with van der Waals surface area (Å²) in [7, 11) is 5.48. The van der Waals surface area contributed by atoms with Crippen LogP contribution in [-0.4, -0.2) is 66.4 Å². The number of halogens is 1. The minimum atomic E-state index is 0. The van der Waals surface area contributed by atoms with Crippen molar-refractivity contribution in [1.82, 2.24) is 25.3 Å². The topological polar surface area (TPSA) is 83.8 Å². The van der Waals surface area contributed by atoms with Crippen LogP contribution < -0.4 is 10.6 Å². The Morgan fingerprint density at radius 1 is 1.32 bits per heavy atom. The van der Waals surface area contributed by atoms with Gasteiger partial charge in [0.2, 0.25) is 5.91 Å². The summed E-state index contributed by atoms with van der Waals surface area (Å²) in [6.45, 7) is 6.50. The summed E-state index contributed by atoms with van der Waals surface area (Å²) in [6.07, 6.45) is 4.15. The number of aromatic nitrogens is 2. The number of ether oxygens (including phenoxy) is 1. The average molecular weight is 506 g/mol. The van der Waals surface area contributed by atoms with E-state index in [0.717, 1.165) is 38.0 Å². The van der Waals surface area contributed by atoms with Gasteiger partial charge in [-0.2, -0.15) is 5.10 Å². The fourth-order valence-corrected chi connectivity index (χ4v) is 3.24. The number of nitrogens with one attached hydrogen (secondary N) is 2. The van der Waals surface area contributed by atoms with E-state index in [4.69, 9.17) is 9.73 Å². The summed E-state index contributed by atoms with van der Waals surface area (Å²) in [5, 5.41) is 11.1. The summed E-state index contributed by atoms with van der Waals surface area (Å²) in [6, 6.07) is 0. The Morgan fingerprint density at radius 2 is 2.07 bits per heavy atom. The molecule has 1 saturated heterocycles. The van der Waals surface area contributed by atoms with Gasteiger partial charge < -0.3 is 20.3 Å². The second kappa shape index (κ2) is 12.3. The first-order valence-electron chi connectivity index (χ1n) is 9.83. The first kappa shape index (κ1) is 24.7. The van der Waals surface area contributed by atoms with Crippen molar-refractivity contribution in [1.29, 1.82) is 0 Å². The Bertz CT molecular complexity index is 653. The summed E-state index contributed by atoms with van der Waals surface area (Å²) in [4.78, 5) is 18.2. The zero-order chi connectivity index (χ0) is 19.8. The van der Waals surface area contributed by atoms with Gasteiger partial charge in [-0.15, -0.1) is 24.0 Å². The quantitative estimate of drug-likeness (QED) is 0.317. The molecule has 1 fully saturated rings. The molecule has 1 atom stereocenters. The minimum absolute atomic E-state index is 0. The van der Waals surface area contributed by atoms with Crippen LogP contribution in [0.15, 0.2) is 4.99 Å². The molecule has 1 aliphatic rings. The number of likely N-dealkylation sites (N-methyl/N-ethyl adjacent to an activating group) is 1. The molecule has 8 nitrogen and oxygen atoms in total. The summed E-state index contributed by atoms with van der Waals surface area (Å²) in [5.74, 6) is 0.639. The molecular formula is C19H35IN6O2. The lowest BCUT2D eigenvalue weighted by Gasteiger charge is -2.17. The number of carbonyl (C=O) groups is 1. The predicted octanol–water partition coefficient (Wildman–Crippen LogP) is 1.47. The van der Waals surface area contributed by atoms with Crippen LogP contribution in [0.5, 0.6) is 0 Å². The van der Waals surface area contributed by atoms with Crippen LogP contribution in [0.2, 0.25) is 0 Å². The number of hydrogen-bond acceptors (Lipinski definition) is 4. The standard InChI is InChI=1S/C19H34N6O2.HI/c1-6-16-15(17(7-2)25(5)23-16)12-21-19(22-13-18(26)24(3)4)20-11-14-9-8-10-27-14;/h14H,6-13H2,1-5H3,(H2,20,21,22);1H. The maximum Gasteiger partial charge on any atom is 0.241 e. The monoisotopic (exact) mass is 506 g/mol. The fourth-order valence-electron chi connectivity index (χ4n) is 3.24. The van der Waals surface area contributed by atoms with Crippen LogP contribution in [0.3, 0.4) is 0 Å². The molecule has 0 spiro atoms.